The Labute approximate surface area is 41.2 Å². The smallest absolute Gasteiger partial charge is 0.0683 e. The van der Waals surface area contributed by atoms with Gasteiger partial charge in [0, 0.05) is 0 Å². The van der Waals surface area contributed by atoms with Gasteiger partial charge in [-0.1, -0.05) is 13.8 Å². The van der Waals surface area contributed by atoms with Crippen molar-refractivity contribution in [3.05, 3.63) is 26.3 Å². The summed E-state index contributed by atoms with van der Waals surface area (Å²) in [7, 11) is 0. The van der Waals surface area contributed by atoms with Crippen LogP contribution in [0.5, 0.6) is 0 Å². The van der Waals surface area contributed by atoms with Crippen LogP contribution in [0.15, 0.2) is 26.3 Å². The second-order valence-electron chi connectivity index (χ2n) is 0. The Bertz CT molecular complexity index is 2.00. The summed E-state index contributed by atoms with van der Waals surface area (Å²) in [5, 5.41) is 0. The van der Waals surface area contributed by atoms with Gasteiger partial charge in [-0.2, -0.15) is 0 Å². The third kappa shape index (κ3) is 79.2. The molecule has 0 aliphatic heterocycles. The maximum absolute atomic E-state index is 3.00. The summed E-state index contributed by atoms with van der Waals surface area (Å²) in [6.07, 6.45) is 0. The van der Waals surface area contributed by atoms with Crippen LogP contribution in [0.4, 0.5) is 0 Å². The molecular weight excluding hydrogens is 72.1 g/mol. The van der Waals surface area contributed by atoms with Gasteiger partial charge in [-0.15, -0.1) is 26.3 Å². The van der Waals surface area contributed by atoms with Gasteiger partial charge in [-0.05, 0) is 0 Å². The van der Waals surface area contributed by atoms with Gasteiger partial charge < -0.3 is 0 Å². The SMILES string of the molecule is C=C.C=C.CC. The molecule has 0 N–H and O–H groups in total. The van der Waals surface area contributed by atoms with E-state index in [2.05, 4.69) is 26.3 Å². The molecule has 0 amide bonds. The van der Waals surface area contributed by atoms with Gasteiger partial charge in [0.05, 0.1) is 0 Å². The van der Waals surface area contributed by atoms with Crippen molar-refractivity contribution in [3.63, 3.8) is 0 Å². The Hall–Kier alpha value is -0.520. The first-order chi connectivity index (χ1) is 3.00. The van der Waals surface area contributed by atoms with Crippen molar-refractivity contribution in [3.8, 4) is 0 Å². The molecule has 0 unspecified atom stereocenters. The van der Waals surface area contributed by atoms with Gasteiger partial charge in [0.25, 0.3) is 0 Å². The highest BCUT2D eigenvalue weighted by Gasteiger charge is 0.932. The van der Waals surface area contributed by atoms with Gasteiger partial charge in [-0.3, -0.25) is 0 Å². The van der Waals surface area contributed by atoms with Crippen molar-refractivity contribution in [2.75, 3.05) is 0 Å². The third-order valence-electron chi connectivity index (χ3n) is 0. The normalized spacial score (nSPS) is 2.33. The molecule has 0 rings (SSSR count). The molecule has 0 heterocycles. The van der Waals surface area contributed by atoms with Crippen LogP contribution in [0.1, 0.15) is 13.8 Å². The molecule has 0 aromatic heterocycles. The highest BCUT2D eigenvalue weighted by atomic mass is 13.0. The van der Waals surface area contributed by atoms with E-state index in [0.717, 1.165) is 0 Å². The quantitative estimate of drug-likeness (QED) is 0.397. The summed E-state index contributed by atoms with van der Waals surface area (Å²) in [6, 6.07) is 0. The first-order valence-corrected chi connectivity index (χ1v) is 2.00. The van der Waals surface area contributed by atoms with Crippen LogP contribution in [0.3, 0.4) is 0 Å². The van der Waals surface area contributed by atoms with Crippen molar-refractivity contribution in [1.29, 1.82) is 0 Å². The molecule has 0 nitrogen and oxygen atoms in total. The molecule has 0 saturated carbocycles. The minimum atomic E-state index is 2.00. The number of hydrogen-bond donors (Lipinski definition) is 0. The van der Waals surface area contributed by atoms with Gasteiger partial charge >= 0.3 is 0 Å². The lowest BCUT2D eigenvalue weighted by Gasteiger charge is -1.07. The largest absolute Gasteiger partial charge is 0.106 e. The zero-order valence-electron chi connectivity index (χ0n) is 4.83. The second kappa shape index (κ2) is 201. The topological polar surface area (TPSA) is 0 Å². The first kappa shape index (κ1) is 17.9. The molecule has 0 aliphatic rings. The van der Waals surface area contributed by atoms with E-state index >= 15 is 0 Å². The molecule has 0 fully saturated rings. The fraction of sp³-hybridized carbons (Fsp3) is 0.333. The molecule has 0 atom stereocenters. The predicted molar refractivity (Wildman–Crippen MR) is 33.9 cm³/mol. The van der Waals surface area contributed by atoms with E-state index in [4.69, 9.17) is 0 Å². The van der Waals surface area contributed by atoms with Crippen molar-refractivity contribution >= 4 is 0 Å². The van der Waals surface area contributed by atoms with Crippen molar-refractivity contribution in [2.45, 2.75) is 13.8 Å². The van der Waals surface area contributed by atoms with E-state index in [1.54, 1.807) is 0 Å². The Balaban J connectivity index is -0.0000000225. The molecule has 0 bridgehead atoms. The van der Waals surface area contributed by atoms with Gasteiger partial charge in [-0.25, -0.2) is 0 Å². The Morgan fingerprint density at radius 2 is 0.667 bits per heavy atom. The lowest BCUT2D eigenvalue weighted by Crippen LogP contribution is -0.856. The number of rotatable bonds is 0. The van der Waals surface area contributed by atoms with Crippen LogP contribution >= 0.6 is 0 Å². The Morgan fingerprint density at radius 3 is 0.667 bits per heavy atom. The van der Waals surface area contributed by atoms with E-state index < -0.39 is 0 Å². The summed E-state index contributed by atoms with van der Waals surface area (Å²) in [5.41, 5.74) is 0. The lowest BCUT2D eigenvalue weighted by molar-refractivity contribution is 1.50. The van der Waals surface area contributed by atoms with Crippen LogP contribution in [0.2, 0.25) is 0 Å². The van der Waals surface area contributed by atoms with Crippen LogP contribution in [-0.4, -0.2) is 0 Å². The first-order valence-electron chi connectivity index (χ1n) is 2.00. The highest BCUT2D eigenvalue weighted by Crippen LogP contribution is 1.14. The second-order valence-corrected chi connectivity index (χ2v) is 0. The molecule has 0 aliphatic carbocycles. The zero-order chi connectivity index (χ0) is 6.00. The van der Waals surface area contributed by atoms with Gasteiger partial charge in [0.1, 0.15) is 0 Å². The predicted octanol–water partition coefficient (Wildman–Crippen LogP) is 2.63. The van der Waals surface area contributed by atoms with E-state index in [9.17, 15) is 0 Å². The molecule has 0 heteroatoms. The third-order valence-corrected chi connectivity index (χ3v) is 0. The molecule has 0 aromatic carbocycles. The molecule has 0 spiro atoms. The van der Waals surface area contributed by atoms with Crippen LogP contribution in [0.25, 0.3) is 0 Å². The minimum absolute atomic E-state index is 2.00. The van der Waals surface area contributed by atoms with E-state index in [-0.39, 0.29) is 0 Å². The molecule has 0 saturated heterocycles. The lowest BCUT2D eigenvalue weighted by atomic mass is 11.0. The highest BCUT2D eigenvalue weighted by molar-refractivity contribution is 4.22. The number of hydrogen-bond acceptors (Lipinski definition) is 0. The maximum atomic E-state index is 3.00. The molecule has 0 radical (unpaired) electrons. The molecule has 0 aromatic rings. The fourth-order valence-electron chi connectivity index (χ4n) is 0. The van der Waals surface area contributed by atoms with Crippen LogP contribution in [0, 0.1) is 0 Å². The van der Waals surface area contributed by atoms with E-state index in [0.29, 0.717) is 0 Å². The van der Waals surface area contributed by atoms with Crippen LogP contribution < -0.4 is 0 Å². The molecule has 6 heavy (non-hydrogen) atoms. The molecule has 38 valence electrons. The maximum Gasteiger partial charge on any atom is -0.0683 e. The van der Waals surface area contributed by atoms with E-state index in [1.165, 1.54) is 0 Å². The summed E-state index contributed by atoms with van der Waals surface area (Å²) in [6.45, 7) is 16.0. The monoisotopic (exact) mass is 86.1 g/mol. The van der Waals surface area contributed by atoms with Gasteiger partial charge in [0.2, 0.25) is 0 Å². The standard InChI is InChI=1S/C2H6.2C2H4/c3*1-2/h1-2H3;2*1-2H2. The van der Waals surface area contributed by atoms with E-state index in [1.807, 2.05) is 13.8 Å². The fourth-order valence-corrected chi connectivity index (χ4v) is 0. The summed E-state index contributed by atoms with van der Waals surface area (Å²) in [5.74, 6) is 0. The minimum Gasteiger partial charge on any atom is -0.106 e. The average Bonchev–Trinajstić information content (AvgIpc) is 1.81. The van der Waals surface area contributed by atoms with Crippen molar-refractivity contribution in [2.24, 2.45) is 0 Å². The van der Waals surface area contributed by atoms with Gasteiger partial charge in [0.15, 0.2) is 0 Å². The summed E-state index contributed by atoms with van der Waals surface area (Å²) in [4.78, 5) is 0. The summed E-state index contributed by atoms with van der Waals surface area (Å²) >= 11 is 0. The van der Waals surface area contributed by atoms with Crippen molar-refractivity contribution in [1.82, 2.24) is 0 Å². The molecular formula is C6H14. The average molecular weight is 86.2 g/mol. The van der Waals surface area contributed by atoms with Crippen molar-refractivity contribution < 1.29 is 0 Å². The Kier molecular flexibility index (Phi) is 598. The summed E-state index contributed by atoms with van der Waals surface area (Å²) < 4.78 is 0. The Morgan fingerprint density at radius 1 is 0.667 bits per heavy atom. The zero-order valence-corrected chi connectivity index (χ0v) is 4.83. The van der Waals surface area contributed by atoms with Crippen LogP contribution in [-0.2, 0) is 0 Å².